The Labute approximate surface area is 157 Å². The average molecular weight is 399 g/mol. The third kappa shape index (κ3) is 3.77. The Morgan fingerprint density at radius 2 is 1.96 bits per heavy atom. The normalized spacial score (nSPS) is 21.4. The van der Waals surface area contributed by atoms with Gasteiger partial charge in [0.1, 0.15) is 11.1 Å². The van der Waals surface area contributed by atoms with Crippen LogP contribution in [0.25, 0.3) is 0 Å². The Morgan fingerprint density at radius 1 is 1.27 bits per heavy atom. The maximum Gasteiger partial charge on any atom is 0.221 e. The van der Waals surface area contributed by atoms with E-state index >= 15 is 0 Å². The molecule has 8 heteroatoms. The summed E-state index contributed by atoms with van der Waals surface area (Å²) in [4.78, 5) is 5.48. The van der Waals surface area contributed by atoms with Gasteiger partial charge in [-0.05, 0) is 23.3 Å². The Kier molecular flexibility index (Phi) is 5.64. The average Bonchev–Trinajstić information content (AvgIpc) is 3.00. The molecule has 3 rings (SSSR count). The maximum absolute atomic E-state index is 13.5. The summed E-state index contributed by atoms with van der Waals surface area (Å²) in [5.74, 6) is -0.544. The minimum atomic E-state index is -3.66. The van der Waals surface area contributed by atoms with Gasteiger partial charge in [0.2, 0.25) is 10.0 Å². The molecule has 1 aliphatic heterocycles. The van der Waals surface area contributed by atoms with Gasteiger partial charge in [0.25, 0.3) is 0 Å². The molecule has 1 heterocycles. The van der Waals surface area contributed by atoms with E-state index in [1.165, 1.54) is 27.6 Å². The molecule has 0 radical (unpaired) electrons. The monoisotopic (exact) mass is 398 g/mol. The van der Waals surface area contributed by atoms with E-state index in [0.717, 1.165) is 5.56 Å². The lowest BCUT2D eigenvalue weighted by molar-refractivity contribution is -0.110. The van der Waals surface area contributed by atoms with Crippen LogP contribution in [0.1, 0.15) is 17.2 Å². The van der Waals surface area contributed by atoms with Gasteiger partial charge in [0.05, 0.1) is 17.7 Å². The first kappa shape index (κ1) is 19.3. The van der Waals surface area contributed by atoms with E-state index < -0.39 is 27.1 Å². The molecule has 0 amide bonds. The van der Waals surface area contributed by atoms with Gasteiger partial charge < -0.3 is 0 Å². The summed E-state index contributed by atoms with van der Waals surface area (Å²) >= 11 is 5.88. The lowest BCUT2D eigenvalue weighted by Gasteiger charge is -2.27. The van der Waals surface area contributed by atoms with E-state index in [9.17, 15) is 12.8 Å². The highest BCUT2D eigenvalue weighted by Gasteiger charge is 2.45. The Bertz CT molecular complexity index is 879. The number of hydrogen-bond acceptors (Lipinski definition) is 4. The van der Waals surface area contributed by atoms with Crippen LogP contribution in [0.15, 0.2) is 48.5 Å². The van der Waals surface area contributed by atoms with Gasteiger partial charge in [-0.3, -0.25) is 4.84 Å². The Balaban J connectivity index is 1.88. The number of rotatable bonds is 5. The van der Waals surface area contributed by atoms with Crippen LogP contribution in [-0.2, 0) is 21.4 Å². The first-order valence-electron chi connectivity index (χ1n) is 8.10. The molecule has 1 saturated heterocycles. The first-order valence-corrected chi connectivity index (χ1v) is 9.98. The van der Waals surface area contributed by atoms with Gasteiger partial charge in [-0.25, -0.2) is 17.1 Å². The first-order chi connectivity index (χ1) is 12.3. The number of benzene rings is 2. The molecule has 2 aromatic rings. The molecule has 26 heavy (non-hydrogen) atoms. The van der Waals surface area contributed by atoms with E-state index in [1.54, 1.807) is 14.1 Å². The van der Waals surface area contributed by atoms with Gasteiger partial charge in [-0.2, -0.15) is 5.06 Å². The van der Waals surface area contributed by atoms with E-state index in [1.807, 2.05) is 30.3 Å². The van der Waals surface area contributed by atoms with Crippen molar-refractivity contribution in [1.82, 2.24) is 9.37 Å². The largest absolute Gasteiger partial charge is 0.297 e. The van der Waals surface area contributed by atoms with Crippen molar-refractivity contribution in [1.29, 1.82) is 0 Å². The third-order valence-electron chi connectivity index (χ3n) is 4.54. The standard InChI is InChI=1S/C18H20ClFN2O3S/c1-21(11-13-6-4-3-5-7-13)26(23,24)17-12-25-22(2)18(17)14-8-9-16(20)15(19)10-14/h3-10,17-18H,11-12H2,1-2H3/t17-,18+/m0/s1. The van der Waals surface area contributed by atoms with E-state index in [2.05, 4.69) is 0 Å². The summed E-state index contributed by atoms with van der Waals surface area (Å²) in [6.07, 6.45) is 0. The number of hydrogen-bond donors (Lipinski definition) is 0. The van der Waals surface area contributed by atoms with Crippen molar-refractivity contribution in [3.63, 3.8) is 0 Å². The van der Waals surface area contributed by atoms with Crippen molar-refractivity contribution >= 4 is 21.6 Å². The summed E-state index contributed by atoms with van der Waals surface area (Å²) < 4.78 is 41.1. The number of halogens is 2. The van der Waals surface area contributed by atoms with Crippen molar-refractivity contribution in [3.05, 3.63) is 70.5 Å². The van der Waals surface area contributed by atoms with E-state index in [4.69, 9.17) is 16.4 Å². The van der Waals surface area contributed by atoms with Gasteiger partial charge in [0.15, 0.2) is 0 Å². The van der Waals surface area contributed by atoms with Crippen LogP contribution in [0.3, 0.4) is 0 Å². The summed E-state index contributed by atoms with van der Waals surface area (Å²) in [7, 11) is -0.448. The maximum atomic E-state index is 13.5. The van der Waals surface area contributed by atoms with Crippen LogP contribution in [-0.4, -0.2) is 43.7 Å². The Hall–Kier alpha value is -1.51. The fraction of sp³-hybridized carbons (Fsp3) is 0.333. The molecular formula is C18H20ClFN2O3S. The van der Waals surface area contributed by atoms with Crippen molar-refractivity contribution in [3.8, 4) is 0 Å². The molecule has 1 fully saturated rings. The lowest BCUT2D eigenvalue weighted by Crippen LogP contribution is -2.40. The van der Waals surface area contributed by atoms with Gasteiger partial charge in [0, 0.05) is 20.6 Å². The number of nitrogens with zero attached hydrogens (tertiary/aromatic N) is 2. The van der Waals surface area contributed by atoms with E-state index in [-0.39, 0.29) is 18.2 Å². The predicted molar refractivity (Wildman–Crippen MR) is 98.5 cm³/mol. The van der Waals surface area contributed by atoms with Crippen molar-refractivity contribution < 1.29 is 17.6 Å². The summed E-state index contributed by atoms with van der Waals surface area (Å²) in [6, 6.07) is 13.0. The molecule has 0 spiro atoms. The fourth-order valence-electron chi connectivity index (χ4n) is 3.13. The van der Waals surface area contributed by atoms with Gasteiger partial charge in [-0.15, -0.1) is 0 Å². The van der Waals surface area contributed by atoms with Crippen LogP contribution in [0.5, 0.6) is 0 Å². The number of sulfonamides is 1. The third-order valence-corrected chi connectivity index (χ3v) is 6.98. The smallest absolute Gasteiger partial charge is 0.221 e. The number of hydroxylamine groups is 2. The molecule has 0 aromatic heterocycles. The SMILES string of the molecule is CN1OC[C@H](S(=O)(=O)N(C)Cc2ccccc2)[C@H]1c1ccc(F)c(Cl)c1. The second kappa shape index (κ2) is 7.62. The van der Waals surface area contributed by atoms with Crippen LogP contribution < -0.4 is 0 Å². The zero-order valence-electron chi connectivity index (χ0n) is 14.5. The predicted octanol–water partition coefficient (Wildman–Crippen LogP) is 3.23. The molecule has 0 aliphatic carbocycles. The topological polar surface area (TPSA) is 49.9 Å². The minimum Gasteiger partial charge on any atom is -0.297 e. The van der Waals surface area contributed by atoms with Gasteiger partial charge in [-0.1, -0.05) is 48.0 Å². The molecule has 2 atom stereocenters. The molecule has 0 saturated carbocycles. The molecule has 0 N–H and O–H groups in total. The second-order valence-electron chi connectivity index (χ2n) is 6.29. The van der Waals surface area contributed by atoms with Crippen molar-refractivity contribution in [2.24, 2.45) is 0 Å². The molecule has 2 aromatic carbocycles. The Morgan fingerprint density at radius 3 is 2.62 bits per heavy atom. The lowest BCUT2D eigenvalue weighted by atomic mass is 10.0. The highest BCUT2D eigenvalue weighted by molar-refractivity contribution is 7.89. The fourth-order valence-corrected chi connectivity index (χ4v) is 5.00. The zero-order valence-corrected chi connectivity index (χ0v) is 16.0. The zero-order chi connectivity index (χ0) is 18.9. The van der Waals surface area contributed by atoms with Gasteiger partial charge >= 0.3 is 0 Å². The molecular weight excluding hydrogens is 379 g/mol. The van der Waals surface area contributed by atoms with Crippen LogP contribution in [0.2, 0.25) is 5.02 Å². The highest BCUT2D eigenvalue weighted by atomic mass is 35.5. The minimum absolute atomic E-state index is 0.0254. The molecule has 5 nitrogen and oxygen atoms in total. The van der Waals surface area contributed by atoms with Crippen LogP contribution >= 0.6 is 11.6 Å². The molecule has 0 bridgehead atoms. The molecule has 1 aliphatic rings. The second-order valence-corrected chi connectivity index (χ2v) is 8.95. The van der Waals surface area contributed by atoms with Crippen LogP contribution in [0, 0.1) is 5.82 Å². The van der Waals surface area contributed by atoms with E-state index in [0.29, 0.717) is 5.56 Å². The highest BCUT2D eigenvalue weighted by Crippen LogP contribution is 2.36. The quantitative estimate of drug-likeness (QED) is 0.776. The van der Waals surface area contributed by atoms with Crippen molar-refractivity contribution in [2.75, 3.05) is 20.7 Å². The molecule has 140 valence electrons. The summed E-state index contributed by atoms with van der Waals surface area (Å²) in [6.45, 7) is 0.290. The summed E-state index contributed by atoms with van der Waals surface area (Å²) in [5, 5.41) is 0.627. The molecule has 0 unspecified atom stereocenters. The van der Waals surface area contributed by atoms with Crippen LogP contribution in [0.4, 0.5) is 4.39 Å². The van der Waals surface area contributed by atoms with Crippen molar-refractivity contribution in [2.45, 2.75) is 17.8 Å². The summed E-state index contributed by atoms with van der Waals surface area (Å²) in [5.41, 5.74) is 1.49.